The van der Waals surface area contributed by atoms with Crippen LogP contribution in [0.5, 0.6) is 11.5 Å². The number of phenols is 1. The summed E-state index contributed by atoms with van der Waals surface area (Å²) >= 11 is 6.09. The number of aromatic hydroxyl groups is 1. The van der Waals surface area contributed by atoms with Gasteiger partial charge in [-0.25, -0.2) is 10.9 Å². The van der Waals surface area contributed by atoms with Crippen LogP contribution in [0.25, 0.3) is 0 Å². The Balaban J connectivity index is 1.69. The van der Waals surface area contributed by atoms with E-state index in [-0.39, 0.29) is 17.7 Å². The number of hydrazine groups is 1. The van der Waals surface area contributed by atoms with Crippen LogP contribution < -0.4 is 20.9 Å². The summed E-state index contributed by atoms with van der Waals surface area (Å²) in [6.45, 7) is 3.85. The van der Waals surface area contributed by atoms with Crippen molar-refractivity contribution >= 4 is 23.2 Å². The van der Waals surface area contributed by atoms with Crippen LogP contribution in [0.3, 0.4) is 0 Å². The first-order chi connectivity index (χ1) is 12.4. The topological polar surface area (TPSA) is 82.6 Å². The lowest BCUT2D eigenvalue weighted by molar-refractivity contribution is -0.117. The number of ether oxygens (including phenoxy) is 1. The molecule has 1 aliphatic heterocycles. The van der Waals surface area contributed by atoms with Gasteiger partial charge in [-0.2, -0.15) is 0 Å². The minimum absolute atomic E-state index is 0.149. The quantitative estimate of drug-likeness (QED) is 0.659. The summed E-state index contributed by atoms with van der Waals surface area (Å²) in [5, 5.41) is 13.6. The van der Waals surface area contributed by atoms with E-state index < -0.39 is 6.04 Å². The van der Waals surface area contributed by atoms with Gasteiger partial charge in [-0.05, 0) is 44.0 Å². The van der Waals surface area contributed by atoms with E-state index in [0.29, 0.717) is 22.9 Å². The van der Waals surface area contributed by atoms with Gasteiger partial charge in [0.15, 0.2) is 0 Å². The van der Waals surface area contributed by atoms with Crippen LogP contribution in [0.4, 0.5) is 5.69 Å². The maximum absolute atomic E-state index is 12.5. The van der Waals surface area contributed by atoms with Gasteiger partial charge >= 0.3 is 0 Å². The smallest absolute Gasteiger partial charge is 0.242 e. The number of aryl methyl sites for hydroxylation is 2. The molecule has 1 saturated heterocycles. The van der Waals surface area contributed by atoms with Gasteiger partial charge < -0.3 is 15.2 Å². The van der Waals surface area contributed by atoms with Crippen LogP contribution in [0.1, 0.15) is 29.2 Å². The molecule has 3 rings (SSSR count). The second-order valence-electron chi connectivity index (χ2n) is 6.49. The molecular formula is C19H22ClN3O3. The fourth-order valence-corrected chi connectivity index (χ4v) is 3.42. The Morgan fingerprint density at radius 3 is 2.73 bits per heavy atom. The van der Waals surface area contributed by atoms with Crippen LogP contribution >= 0.6 is 11.6 Å². The molecule has 1 amide bonds. The van der Waals surface area contributed by atoms with Gasteiger partial charge in [-0.1, -0.05) is 29.3 Å². The third kappa shape index (κ3) is 3.77. The summed E-state index contributed by atoms with van der Waals surface area (Å²) in [7, 11) is 1.54. The van der Waals surface area contributed by atoms with E-state index in [1.807, 2.05) is 26.0 Å². The molecule has 0 bridgehead atoms. The van der Waals surface area contributed by atoms with Crippen LogP contribution in [-0.2, 0) is 4.79 Å². The zero-order chi connectivity index (χ0) is 18.8. The van der Waals surface area contributed by atoms with E-state index in [1.54, 1.807) is 18.2 Å². The highest BCUT2D eigenvalue weighted by atomic mass is 35.5. The Morgan fingerprint density at radius 1 is 1.27 bits per heavy atom. The molecule has 0 aromatic heterocycles. The van der Waals surface area contributed by atoms with E-state index in [2.05, 4.69) is 16.2 Å². The highest BCUT2D eigenvalue weighted by Gasteiger charge is 2.32. The van der Waals surface area contributed by atoms with Crippen molar-refractivity contribution in [2.24, 2.45) is 0 Å². The molecule has 1 heterocycles. The minimum atomic E-state index is -0.430. The Bertz CT molecular complexity index is 841. The van der Waals surface area contributed by atoms with Gasteiger partial charge in [-0.3, -0.25) is 4.79 Å². The number of hydrogen-bond donors (Lipinski definition) is 4. The first-order valence-electron chi connectivity index (χ1n) is 8.34. The normalized spacial score (nSPS) is 19.4. The monoisotopic (exact) mass is 375 g/mol. The molecule has 2 unspecified atom stereocenters. The number of anilines is 1. The Kier molecular flexibility index (Phi) is 5.36. The number of rotatable bonds is 4. The summed E-state index contributed by atoms with van der Waals surface area (Å²) in [5.41, 5.74) is 9.37. The number of halogens is 1. The largest absolute Gasteiger partial charge is 0.507 e. The highest BCUT2D eigenvalue weighted by molar-refractivity contribution is 6.32. The molecule has 0 aliphatic carbocycles. The van der Waals surface area contributed by atoms with Crippen molar-refractivity contribution in [2.75, 3.05) is 12.4 Å². The number of methoxy groups -OCH3 is 1. The summed E-state index contributed by atoms with van der Waals surface area (Å²) < 4.78 is 5.11. The predicted molar refractivity (Wildman–Crippen MR) is 102 cm³/mol. The number of phenolic OH excluding ortho intramolecular Hbond substituents is 1. The first-order valence-corrected chi connectivity index (χ1v) is 8.72. The molecule has 6 nitrogen and oxygen atoms in total. The van der Waals surface area contributed by atoms with Gasteiger partial charge in [0.25, 0.3) is 0 Å². The number of amides is 1. The fourth-order valence-electron chi connectivity index (χ4n) is 3.16. The molecule has 2 atom stereocenters. The molecule has 7 heteroatoms. The van der Waals surface area contributed by atoms with Crippen molar-refractivity contribution in [3.63, 3.8) is 0 Å². The van der Waals surface area contributed by atoms with Crippen LogP contribution in [0.15, 0.2) is 30.3 Å². The third-order valence-electron chi connectivity index (χ3n) is 4.49. The zero-order valence-electron chi connectivity index (χ0n) is 14.9. The van der Waals surface area contributed by atoms with E-state index in [4.69, 9.17) is 16.3 Å². The molecule has 1 aliphatic rings. The summed E-state index contributed by atoms with van der Waals surface area (Å²) in [6, 6.07) is 8.37. The van der Waals surface area contributed by atoms with E-state index in [9.17, 15) is 9.90 Å². The zero-order valence-corrected chi connectivity index (χ0v) is 15.6. The molecule has 2 aromatic rings. The molecule has 4 N–H and O–H groups in total. The van der Waals surface area contributed by atoms with Crippen LogP contribution in [0.2, 0.25) is 5.02 Å². The predicted octanol–water partition coefficient (Wildman–Crippen LogP) is 3.22. The van der Waals surface area contributed by atoms with Gasteiger partial charge in [0.05, 0.1) is 18.2 Å². The standard InChI is InChI=1S/C19H22ClN3O3/c1-10-6-11(2)18(24)13(7-10)15-9-16(23-22-15)19(25)21-12-4-5-17(26-3)14(20)8-12/h4-8,15-16,22-24H,9H2,1-3H3,(H,21,25). The molecule has 0 radical (unpaired) electrons. The first kappa shape index (κ1) is 18.5. The van der Waals surface area contributed by atoms with Gasteiger partial charge in [0.1, 0.15) is 17.5 Å². The second-order valence-corrected chi connectivity index (χ2v) is 6.89. The minimum Gasteiger partial charge on any atom is -0.507 e. The van der Waals surface area contributed by atoms with Crippen LogP contribution in [-0.4, -0.2) is 24.2 Å². The average Bonchev–Trinajstić information content (AvgIpc) is 3.08. The summed E-state index contributed by atoms with van der Waals surface area (Å²) in [6.07, 6.45) is 0.520. The average molecular weight is 376 g/mol. The molecule has 26 heavy (non-hydrogen) atoms. The Hall–Kier alpha value is -2.28. The van der Waals surface area contributed by atoms with Crippen molar-refractivity contribution in [1.82, 2.24) is 10.9 Å². The lowest BCUT2D eigenvalue weighted by Gasteiger charge is -2.15. The van der Waals surface area contributed by atoms with Gasteiger partial charge in [0.2, 0.25) is 5.91 Å². The van der Waals surface area contributed by atoms with Crippen molar-refractivity contribution in [2.45, 2.75) is 32.4 Å². The maximum Gasteiger partial charge on any atom is 0.242 e. The van der Waals surface area contributed by atoms with Crippen molar-refractivity contribution in [3.05, 3.63) is 52.0 Å². The Labute approximate surface area is 157 Å². The van der Waals surface area contributed by atoms with Crippen LogP contribution in [0, 0.1) is 13.8 Å². The second kappa shape index (κ2) is 7.53. The van der Waals surface area contributed by atoms with Gasteiger partial charge in [-0.15, -0.1) is 0 Å². The van der Waals surface area contributed by atoms with E-state index in [1.165, 1.54) is 7.11 Å². The summed E-state index contributed by atoms with van der Waals surface area (Å²) in [4.78, 5) is 12.5. The molecule has 0 spiro atoms. The number of carbonyl (C=O) groups excluding carboxylic acids is 1. The summed E-state index contributed by atoms with van der Waals surface area (Å²) in [5.74, 6) is 0.638. The van der Waals surface area contributed by atoms with E-state index >= 15 is 0 Å². The maximum atomic E-state index is 12.5. The molecule has 138 valence electrons. The third-order valence-corrected chi connectivity index (χ3v) is 4.78. The van der Waals surface area contributed by atoms with Crippen molar-refractivity contribution < 1.29 is 14.6 Å². The fraction of sp³-hybridized carbons (Fsp3) is 0.316. The molecule has 1 fully saturated rings. The van der Waals surface area contributed by atoms with Gasteiger partial charge in [0, 0.05) is 11.3 Å². The lowest BCUT2D eigenvalue weighted by atomic mass is 9.96. The van der Waals surface area contributed by atoms with E-state index in [0.717, 1.165) is 16.7 Å². The Morgan fingerprint density at radius 2 is 2.04 bits per heavy atom. The number of hydrogen-bond acceptors (Lipinski definition) is 5. The SMILES string of the molecule is COc1ccc(NC(=O)C2CC(c3cc(C)cc(C)c3O)NN2)cc1Cl. The van der Waals surface area contributed by atoms with Crippen molar-refractivity contribution in [1.29, 1.82) is 0 Å². The lowest BCUT2D eigenvalue weighted by Crippen LogP contribution is -2.39. The molecule has 0 saturated carbocycles. The number of nitrogens with one attached hydrogen (secondary N) is 3. The molecule has 2 aromatic carbocycles. The molecular weight excluding hydrogens is 354 g/mol. The van der Waals surface area contributed by atoms with Crippen molar-refractivity contribution in [3.8, 4) is 11.5 Å². The number of carbonyl (C=O) groups is 1. The number of benzene rings is 2. The highest BCUT2D eigenvalue weighted by Crippen LogP contribution is 2.33.